The first kappa shape index (κ1) is 12.9. The second kappa shape index (κ2) is 5.88. The number of nitrogens with zero attached hydrogens (tertiary/aromatic N) is 3. The lowest BCUT2D eigenvalue weighted by molar-refractivity contribution is 0.474. The van der Waals surface area contributed by atoms with Crippen molar-refractivity contribution >= 4 is 5.95 Å². The molecule has 0 spiro atoms. The molecule has 0 atom stereocenters. The Balaban J connectivity index is 1.77. The van der Waals surface area contributed by atoms with Gasteiger partial charge in [-0.1, -0.05) is 12.1 Å². The normalized spacial score (nSPS) is 15.3. The van der Waals surface area contributed by atoms with Crippen LogP contribution in [0.5, 0.6) is 5.75 Å². The van der Waals surface area contributed by atoms with Gasteiger partial charge in [0.25, 0.3) is 0 Å². The van der Waals surface area contributed by atoms with Crippen LogP contribution in [0.25, 0.3) is 0 Å². The minimum atomic E-state index is 0.291. The van der Waals surface area contributed by atoms with Crippen LogP contribution in [0.1, 0.15) is 11.3 Å². The summed E-state index contributed by atoms with van der Waals surface area (Å²) in [6.07, 6.45) is 2.51. The van der Waals surface area contributed by atoms with Crippen molar-refractivity contribution in [3.05, 3.63) is 47.8 Å². The highest BCUT2D eigenvalue weighted by Crippen LogP contribution is 2.15. The number of phenols is 1. The first-order valence-corrected chi connectivity index (χ1v) is 6.87. The Morgan fingerprint density at radius 3 is 2.85 bits per heavy atom. The van der Waals surface area contributed by atoms with E-state index in [2.05, 4.69) is 20.2 Å². The fourth-order valence-electron chi connectivity index (χ4n) is 2.38. The summed E-state index contributed by atoms with van der Waals surface area (Å²) in [6.45, 7) is 3.82. The van der Waals surface area contributed by atoms with Gasteiger partial charge in [0, 0.05) is 38.8 Å². The number of anilines is 1. The van der Waals surface area contributed by atoms with Crippen LogP contribution >= 0.6 is 0 Å². The number of nitrogens with one attached hydrogen (secondary N) is 1. The monoisotopic (exact) mass is 270 g/mol. The van der Waals surface area contributed by atoms with Crippen molar-refractivity contribution in [1.82, 2.24) is 15.3 Å². The first-order chi connectivity index (χ1) is 9.81. The van der Waals surface area contributed by atoms with Crippen LogP contribution in [0, 0.1) is 0 Å². The standard InChI is InChI=1S/C15H18N4O/c20-14-3-1-2-12(11-14)10-13-4-5-17-15(18-13)19-8-6-16-7-9-19/h1-5,11,16,20H,6-10H2. The summed E-state index contributed by atoms with van der Waals surface area (Å²) in [5.41, 5.74) is 2.02. The summed E-state index contributed by atoms with van der Waals surface area (Å²) in [5.74, 6) is 1.09. The van der Waals surface area contributed by atoms with Crippen LogP contribution in [-0.2, 0) is 6.42 Å². The molecule has 1 fully saturated rings. The van der Waals surface area contributed by atoms with Gasteiger partial charge in [-0.2, -0.15) is 0 Å². The van der Waals surface area contributed by atoms with Crippen LogP contribution in [0.15, 0.2) is 36.5 Å². The molecule has 2 N–H and O–H groups in total. The van der Waals surface area contributed by atoms with Crippen LogP contribution in [-0.4, -0.2) is 41.3 Å². The molecule has 1 aliphatic rings. The van der Waals surface area contributed by atoms with Gasteiger partial charge in [-0.05, 0) is 23.8 Å². The molecular weight excluding hydrogens is 252 g/mol. The molecule has 5 nitrogen and oxygen atoms in total. The Hall–Kier alpha value is -2.14. The quantitative estimate of drug-likeness (QED) is 0.877. The van der Waals surface area contributed by atoms with E-state index in [0.717, 1.165) is 43.4 Å². The number of rotatable bonds is 3. The second-order valence-electron chi connectivity index (χ2n) is 4.93. The zero-order chi connectivity index (χ0) is 13.8. The number of phenolic OH excluding ortho intramolecular Hbond substituents is 1. The molecule has 104 valence electrons. The summed E-state index contributed by atoms with van der Waals surface area (Å²) >= 11 is 0. The molecule has 0 saturated carbocycles. The van der Waals surface area contributed by atoms with E-state index in [4.69, 9.17) is 0 Å². The lowest BCUT2D eigenvalue weighted by Crippen LogP contribution is -2.44. The second-order valence-corrected chi connectivity index (χ2v) is 4.93. The smallest absolute Gasteiger partial charge is 0.225 e. The minimum Gasteiger partial charge on any atom is -0.508 e. The van der Waals surface area contributed by atoms with Crippen molar-refractivity contribution in [3.8, 4) is 5.75 Å². The number of piperazine rings is 1. The van der Waals surface area contributed by atoms with E-state index in [0.29, 0.717) is 12.2 Å². The Morgan fingerprint density at radius 1 is 1.20 bits per heavy atom. The topological polar surface area (TPSA) is 61.3 Å². The van der Waals surface area contributed by atoms with Crippen LogP contribution in [0.4, 0.5) is 5.95 Å². The predicted molar refractivity (Wildman–Crippen MR) is 78.0 cm³/mol. The van der Waals surface area contributed by atoms with E-state index in [1.807, 2.05) is 24.4 Å². The van der Waals surface area contributed by atoms with Crippen molar-refractivity contribution in [2.75, 3.05) is 31.1 Å². The molecule has 0 bridgehead atoms. The van der Waals surface area contributed by atoms with Crippen LogP contribution < -0.4 is 10.2 Å². The summed E-state index contributed by atoms with van der Waals surface area (Å²) < 4.78 is 0. The lowest BCUT2D eigenvalue weighted by atomic mass is 10.1. The largest absolute Gasteiger partial charge is 0.508 e. The molecule has 0 unspecified atom stereocenters. The minimum absolute atomic E-state index is 0.291. The lowest BCUT2D eigenvalue weighted by Gasteiger charge is -2.27. The van der Waals surface area contributed by atoms with Crippen LogP contribution in [0.2, 0.25) is 0 Å². The average Bonchev–Trinajstić information content (AvgIpc) is 2.48. The fourth-order valence-corrected chi connectivity index (χ4v) is 2.38. The van der Waals surface area contributed by atoms with Gasteiger partial charge in [0.2, 0.25) is 5.95 Å². The first-order valence-electron chi connectivity index (χ1n) is 6.87. The van der Waals surface area contributed by atoms with Crippen molar-refractivity contribution in [2.24, 2.45) is 0 Å². The third-order valence-corrected chi connectivity index (χ3v) is 3.40. The molecule has 2 heterocycles. The molecular formula is C15H18N4O. The molecule has 3 rings (SSSR count). The molecule has 1 aliphatic heterocycles. The zero-order valence-corrected chi connectivity index (χ0v) is 11.3. The molecule has 0 aliphatic carbocycles. The summed E-state index contributed by atoms with van der Waals surface area (Å²) in [5, 5.41) is 12.8. The van der Waals surface area contributed by atoms with E-state index in [1.54, 1.807) is 12.1 Å². The van der Waals surface area contributed by atoms with E-state index in [9.17, 15) is 5.11 Å². The van der Waals surface area contributed by atoms with Crippen molar-refractivity contribution in [2.45, 2.75) is 6.42 Å². The van der Waals surface area contributed by atoms with Gasteiger partial charge in [0.1, 0.15) is 5.75 Å². The number of hydrogen-bond donors (Lipinski definition) is 2. The zero-order valence-electron chi connectivity index (χ0n) is 11.3. The van der Waals surface area contributed by atoms with Gasteiger partial charge in [-0.3, -0.25) is 0 Å². The maximum Gasteiger partial charge on any atom is 0.225 e. The maximum atomic E-state index is 9.50. The highest BCUT2D eigenvalue weighted by atomic mass is 16.3. The summed E-state index contributed by atoms with van der Waals surface area (Å²) in [6, 6.07) is 9.22. The maximum absolute atomic E-state index is 9.50. The molecule has 5 heteroatoms. The van der Waals surface area contributed by atoms with Gasteiger partial charge in [-0.25, -0.2) is 9.97 Å². The number of hydrogen-bond acceptors (Lipinski definition) is 5. The molecule has 2 aromatic rings. The third kappa shape index (κ3) is 3.05. The van der Waals surface area contributed by atoms with Crippen molar-refractivity contribution in [1.29, 1.82) is 0 Å². The van der Waals surface area contributed by atoms with Crippen molar-refractivity contribution in [3.63, 3.8) is 0 Å². The Kier molecular flexibility index (Phi) is 3.78. The third-order valence-electron chi connectivity index (χ3n) is 3.40. The van der Waals surface area contributed by atoms with Crippen molar-refractivity contribution < 1.29 is 5.11 Å². The van der Waals surface area contributed by atoms with Gasteiger partial charge in [-0.15, -0.1) is 0 Å². The Bertz CT molecular complexity index is 582. The van der Waals surface area contributed by atoms with Gasteiger partial charge < -0.3 is 15.3 Å². The molecule has 1 aromatic carbocycles. The number of aromatic hydroxyl groups is 1. The predicted octanol–water partition coefficient (Wildman–Crippen LogP) is 1.18. The fraction of sp³-hybridized carbons (Fsp3) is 0.333. The van der Waals surface area contributed by atoms with E-state index >= 15 is 0 Å². The molecule has 0 radical (unpaired) electrons. The molecule has 1 aromatic heterocycles. The molecule has 1 saturated heterocycles. The Labute approximate surface area is 118 Å². The van der Waals surface area contributed by atoms with Crippen LogP contribution in [0.3, 0.4) is 0 Å². The van der Waals surface area contributed by atoms with E-state index < -0.39 is 0 Å². The highest BCUT2D eigenvalue weighted by molar-refractivity contribution is 5.34. The van der Waals surface area contributed by atoms with E-state index in [-0.39, 0.29) is 0 Å². The van der Waals surface area contributed by atoms with E-state index in [1.165, 1.54) is 0 Å². The average molecular weight is 270 g/mol. The van der Waals surface area contributed by atoms with Gasteiger partial charge in [0.05, 0.1) is 5.69 Å². The highest BCUT2D eigenvalue weighted by Gasteiger charge is 2.13. The summed E-state index contributed by atoms with van der Waals surface area (Å²) in [7, 11) is 0. The molecule has 0 amide bonds. The Morgan fingerprint density at radius 2 is 2.05 bits per heavy atom. The van der Waals surface area contributed by atoms with Gasteiger partial charge in [0.15, 0.2) is 0 Å². The number of aromatic nitrogens is 2. The van der Waals surface area contributed by atoms with Gasteiger partial charge >= 0.3 is 0 Å². The SMILES string of the molecule is Oc1cccc(Cc2ccnc(N3CCNCC3)n2)c1. The molecule has 20 heavy (non-hydrogen) atoms. The number of benzene rings is 1. The summed E-state index contributed by atoms with van der Waals surface area (Å²) in [4.78, 5) is 11.2.